The first-order chi connectivity index (χ1) is 12.5. The third kappa shape index (κ3) is 6.71. The van der Waals surface area contributed by atoms with Crippen molar-refractivity contribution in [1.29, 1.82) is 0 Å². The van der Waals surface area contributed by atoms with E-state index in [1.54, 1.807) is 0 Å². The molecule has 0 aliphatic carbocycles. The van der Waals surface area contributed by atoms with Crippen LogP contribution in [0.25, 0.3) is 0 Å². The fraction of sp³-hybridized carbons (Fsp3) is 0.429. The van der Waals surface area contributed by atoms with Crippen molar-refractivity contribution in [3.05, 3.63) is 57.6 Å². The predicted octanol–water partition coefficient (Wildman–Crippen LogP) is 6.11. The number of benzene rings is 2. The normalized spacial score (nSPS) is 11.0. The topological polar surface area (TPSA) is 30.5 Å². The molecule has 0 saturated heterocycles. The fourth-order valence-corrected chi connectivity index (χ4v) is 2.90. The third-order valence-corrected chi connectivity index (χ3v) is 4.43. The Hall–Kier alpha value is -1.42. The van der Waals surface area contributed by atoms with Crippen LogP contribution in [-0.4, -0.2) is 13.2 Å². The molecule has 0 heterocycles. The minimum atomic E-state index is 0.406. The number of ether oxygens (including phenoxy) is 2. The predicted molar refractivity (Wildman–Crippen MR) is 110 cm³/mol. The Kier molecular flexibility index (Phi) is 8.56. The first kappa shape index (κ1) is 20.9. The van der Waals surface area contributed by atoms with Crippen LogP contribution in [0.1, 0.15) is 38.3 Å². The van der Waals surface area contributed by atoms with Gasteiger partial charge >= 0.3 is 0 Å². The van der Waals surface area contributed by atoms with Gasteiger partial charge in [0.05, 0.1) is 11.6 Å². The van der Waals surface area contributed by atoms with Gasteiger partial charge in [0, 0.05) is 11.6 Å². The standard InChI is InChI=1S/C21H27Cl2NO2/c1-4-25-20-12-17(13-24-10-9-15(2)3)11-19(23)21(20)26-14-16-5-7-18(22)8-6-16/h5-8,11-12,15,24H,4,9-10,13-14H2,1-3H3. The molecule has 0 aliphatic rings. The van der Waals surface area contributed by atoms with Gasteiger partial charge in [0.1, 0.15) is 6.61 Å². The van der Waals surface area contributed by atoms with E-state index in [0.717, 1.165) is 30.6 Å². The zero-order valence-corrected chi connectivity index (χ0v) is 17.2. The summed E-state index contributed by atoms with van der Waals surface area (Å²) in [7, 11) is 0. The van der Waals surface area contributed by atoms with Crippen molar-refractivity contribution in [3.63, 3.8) is 0 Å². The van der Waals surface area contributed by atoms with Gasteiger partial charge in [-0.2, -0.15) is 0 Å². The number of halogens is 2. The Morgan fingerprint density at radius 1 is 1.00 bits per heavy atom. The summed E-state index contributed by atoms with van der Waals surface area (Å²) in [6.07, 6.45) is 1.15. The molecular weight excluding hydrogens is 369 g/mol. The second-order valence-corrected chi connectivity index (χ2v) is 7.46. The second-order valence-electron chi connectivity index (χ2n) is 6.61. The van der Waals surface area contributed by atoms with E-state index < -0.39 is 0 Å². The summed E-state index contributed by atoms with van der Waals surface area (Å²) in [6, 6.07) is 11.5. The minimum absolute atomic E-state index is 0.406. The highest BCUT2D eigenvalue weighted by Gasteiger charge is 2.13. The van der Waals surface area contributed by atoms with Gasteiger partial charge < -0.3 is 14.8 Å². The van der Waals surface area contributed by atoms with Crippen LogP contribution in [-0.2, 0) is 13.2 Å². The summed E-state index contributed by atoms with van der Waals surface area (Å²) < 4.78 is 11.7. The quantitative estimate of drug-likeness (QED) is 0.492. The van der Waals surface area contributed by atoms with Crippen molar-refractivity contribution in [1.82, 2.24) is 5.32 Å². The molecule has 1 N–H and O–H groups in total. The number of nitrogens with one attached hydrogen (secondary N) is 1. The fourth-order valence-electron chi connectivity index (χ4n) is 2.49. The first-order valence-corrected chi connectivity index (χ1v) is 9.78. The van der Waals surface area contributed by atoms with E-state index in [0.29, 0.717) is 40.7 Å². The monoisotopic (exact) mass is 395 g/mol. The molecular formula is C21H27Cl2NO2. The van der Waals surface area contributed by atoms with Crippen LogP contribution in [0.2, 0.25) is 10.0 Å². The van der Waals surface area contributed by atoms with Crippen LogP contribution >= 0.6 is 23.2 Å². The van der Waals surface area contributed by atoms with Crippen molar-refractivity contribution >= 4 is 23.2 Å². The maximum atomic E-state index is 6.47. The molecule has 2 aromatic carbocycles. The summed E-state index contributed by atoms with van der Waals surface area (Å²) in [5.74, 6) is 1.94. The van der Waals surface area contributed by atoms with Crippen molar-refractivity contribution in [3.8, 4) is 11.5 Å². The average molecular weight is 396 g/mol. The Bertz CT molecular complexity index is 687. The molecule has 0 atom stereocenters. The lowest BCUT2D eigenvalue weighted by molar-refractivity contribution is 0.269. The number of hydrogen-bond donors (Lipinski definition) is 1. The molecule has 0 amide bonds. The van der Waals surface area contributed by atoms with Gasteiger partial charge in [-0.25, -0.2) is 0 Å². The molecule has 0 saturated carbocycles. The van der Waals surface area contributed by atoms with Crippen molar-refractivity contribution in [2.75, 3.05) is 13.2 Å². The molecule has 2 aromatic rings. The highest BCUT2D eigenvalue weighted by atomic mass is 35.5. The molecule has 0 spiro atoms. The molecule has 2 rings (SSSR count). The summed E-state index contributed by atoms with van der Waals surface area (Å²) in [5, 5.41) is 4.71. The summed E-state index contributed by atoms with van der Waals surface area (Å²) in [6.45, 7) is 9.08. The second kappa shape index (κ2) is 10.7. The van der Waals surface area contributed by atoms with Crippen LogP contribution in [0.4, 0.5) is 0 Å². The van der Waals surface area contributed by atoms with Crippen LogP contribution in [0.3, 0.4) is 0 Å². The number of rotatable bonds is 10. The van der Waals surface area contributed by atoms with E-state index in [4.69, 9.17) is 32.7 Å². The van der Waals surface area contributed by atoms with Gasteiger partial charge in [0.2, 0.25) is 0 Å². The first-order valence-electron chi connectivity index (χ1n) is 9.02. The molecule has 0 aromatic heterocycles. The lowest BCUT2D eigenvalue weighted by atomic mass is 10.1. The molecule has 0 bridgehead atoms. The molecule has 26 heavy (non-hydrogen) atoms. The smallest absolute Gasteiger partial charge is 0.180 e. The van der Waals surface area contributed by atoms with Crippen molar-refractivity contribution in [2.45, 2.75) is 40.3 Å². The third-order valence-electron chi connectivity index (χ3n) is 3.89. The highest BCUT2D eigenvalue weighted by molar-refractivity contribution is 6.32. The zero-order chi connectivity index (χ0) is 18.9. The molecule has 0 radical (unpaired) electrons. The number of hydrogen-bond acceptors (Lipinski definition) is 3. The Labute approximate surface area is 166 Å². The van der Waals surface area contributed by atoms with Crippen LogP contribution in [0, 0.1) is 5.92 Å². The van der Waals surface area contributed by atoms with Crippen molar-refractivity contribution in [2.24, 2.45) is 5.92 Å². The van der Waals surface area contributed by atoms with E-state index >= 15 is 0 Å². The lowest BCUT2D eigenvalue weighted by Gasteiger charge is -2.16. The maximum absolute atomic E-state index is 6.47. The zero-order valence-electron chi connectivity index (χ0n) is 15.6. The summed E-state index contributed by atoms with van der Waals surface area (Å²) >= 11 is 12.4. The van der Waals surface area contributed by atoms with Gasteiger partial charge in [-0.15, -0.1) is 0 Å². The molecule has 3 nitrogen and oxygen atoms in total. The largest absolute Gasteiger partial charge is 0.490 e. The average Bonchev–Trinajstić information content (AvgIpc) is 2.59. The summed E-state index contributed by atoms with van der Waals surface area (Å²) in [5.41, 5.74) is 2.10. The molecule has 0 unspecified atom stereocenters. The van der Waals surface area contributed by atoms with Crippen LogP contribution in [0.15, 0.2) is 36.4 Å². The van der Waals surface area contributed by atoms with E-state index in [1.807, 2.05) is 43.3 Å². The molecule has 0 aliphatic heterocycles. The van der Waals surface area contributed by atoms with Crippen molar-refractivity contribution < 1.29 is 9.47 Å². The van der Waals surface area contributed by atoms with E-state index in [2.05, 4.69) is 19.2 Å². The highest BCUT2D eigenvalue weighted by Crippen LogP contribution is 2.37. The molecule has 5 heteroatoms. The minimum Gasteiger partial charge on any atom is -0.490 e. The Morgan fingerprint density at radius 2 is 1.73 bits per heavy atom. The Morgan fingerprint density at radius 3 is 2.38 bits per heavy atom. The van der Waals surface area contributed by atoms with E-state index in [1.165, 1.54) is 0 Å². The van der Waals surface area contributed by atoms with E-state index in [-0.39, 0.29) is 0 Å². The molecule has 142 valence electrons. The van der Waals surface area contributed by atoms with Gasteiger partial charge in [-0.05, 0) is 61.2 Å². The van der Waals surface area contributed by atoms with Crippen LogP contribution < -0.4 is 14.8 Å². The Balaban J connectivity index is 2.05. The molecule has 0 fully saturated rings. The van der Waals surface area contributed by atoms with Gasteiger partial charge in [0.25, 0.3) is 0 Å². The summed E-state index contributed by atoms with van der Waals surface area (Å²) in [4.78, 5) is 0. The lowest BCUT2D eigenvalue weighted by Crippen LogP contribution is -2.16. The van der Waals surface area contributed by atoms with E-state index in [9.17, 15) is 0 Å². The van der Waals surface area contributed by atoms with Gasteiger partial charge in [0.15, 0.2) is 11.5 Å². The van der Waals surface area contributed by atoms with Gasteiger partial charge in [-0.1, -0.05) is 49.2 Å². The maximum Gasteiger partial charge on any atom is 0.180 e. The van der Waals surface area contributed by atoms with Crippen LogP contribution in [0.5, 0.6) is 11.5 Å². The SMILES string of the molecule is CCOc1cc(CNCCC(C)C)cc(Cl)c1OCc1ccc(Cl)cc1. The van der Waals surface area contributed by atoms with Gasteiger partial charge in [-0.3, -0.25) is 0 Å².